The van der Waals surface area contributed by atoms with Gasteiger partial charge < -0.3 is 19.0 Å². The molecule has 0 amide bonds. The Morgan fingerprint density at radius 1 is 1.19 bits per heavy atom. The van der Waals surface area contributed by atoms with E-state index >= 15 is 0 Å². The van der Waals surface area contributed by atoms with Gasteiger partial charge in [-0.3, -0.25) is 0 Å². The van der Waals surface area contributed by atoms with E-state index in [0.29, 0.717) is 19.4 Å². The SMILES string of the molecule is Cc1cc2c(cc1Cc1cc3ccccc3o1)[C@]1(CC(O)CC(C)O1)OC2. The molecule has 2 aliphatic rings. The van der Waals surface area contributed by atoms with Crippen LogP contribution in [0.5, 0.6) is 0 Å². The summed E-state index contributed by atoms with van der Waals surface area (Å²) in [5.41, 5.74) is 5.55. The topological polar surface area (TPSA) is 51.8 Å². The highest BCUT2D eigenvalue weighted by Crippen LogP contribution is 2.46. The van der Waals surface area contributed by atoms with E-state index in [-0.39, 0.29) is 6.10 Å². The minimum Gasteiger partial charge on any atom is -0.461 e. The number of hydrogen-bond donors (Lipinski definition) is 1. The van der Waals surface area contributed by atoms with Crippen molar-refractivity contribution < 1.29 is 19.0 Å². The van der Waals surface area contributed by atoms with Gasteiger partial charge in [-0.05, 0) is 55.2 Å². The highest BCUT2D eigenvalue weighted by Gasteiger charge is 2.47. The molecule has 3 aromatic rings. The highest BCUT2D eigenvalue weighted by molar-refractivity contribution is 5.77. The minimum absolute atomic E-state index is 0.0279. The summed E-state index contributed by atoms with van der Waals surface area (Å²) in [7, 11) is 0. The molecule has 1 spiro atoms. The van der Waals surface area contributed by atoms with E-state index in [4.69, 9.17) is 13.9 Å². The van der Waals surface area contributed by atoms with Crippen LogP contribution in [0.2, 0.25) is 0 Å². The highest BCUT2D eigenvalue weighted by atomic mass is 16.7. The van der Waals surface area contributed by atoms with Crippen LogP contribution < -0.4 is 0 Å². The fraction of sp³-hybridized carbons (Fsp3) is 0.391. The van der Waals surface area contributed by atoms with Crippen molar-refractivity contribution >= 4 is 11.0 Å². The van der Waals surface area contributed by atoms with Gasteiger partial charge in [0.1, 0.15) is 11.3 Å². The van der Waals surface area contributed by atoms with Crippen LogP contribution in [0.15, 0.2) is 46.9 Å². The van der Waals surface area contributed by atoms with E-state index in [1.807, 2.05) is 25.1 Å². The van der Waals surface area contributed by atoms with Gasteiger partial charge in [0.05, 0.1) is 18.8 Å². The van der Waals surface area contributed by atoms with Gasteiger partial charge in [-0.25, -0.2) is 0 Å². The largest absolute Gasteiger partial charge is 0.461 e. The van der Waals surface area contributed by atoms with E-state index < -0.39 is 11.9 Å². The van der Waals surface area contributed by atoms with Crippen molar-refractivity contribution in [3.63, 3.8) is 0 Å². The smallest absolute Gasteiger partial charge is 0.198 e. The van der Waals surface area contributed by atoms with E-state index in [9.17, 15) is 5.11 Å². The third-order valence-electron chi connectivity index (χ3n) is 5.77. The molecule has 0 saturated carbocycles. The maximum atomic E-state index is 10.3. The molecule has 4 heteroatoms. The number of ether oxygens (including phenoxy) is 2. The van der Waals surface area contributed by atoms with Gasteiger partial charge in [0.25, 0.3) is 0 Å². The van der Waals surface area contributed by atoms with Crippen LogP contribution >= 0.6 is 0 Å². The molecule has 1 saturated heterocycles. The number of furan rings is 1. The van der Waals surface area contributed by atoms with Gasteiger partial charge in [0.2, 0.25) is 0 Å². The zero-order valence-corrected chi connectivity index (χ0v) is 15.7. The van der Waals surface area contributed by atoms with Crippen molar-refractivity contribution in [1.82, 2.24) is 0 Å². The lowest BCUT2D eigenvalue weighted by atomic mass is 9.89. The summed E-state index contributed by atoms with van der Waals surface area (Å²) < 4.78 is 18.3. The van der Waals surface area contributed by atoms with Gasteiger partial charge in [-0.2, -0.15) is 0 Å². The molecule has 0 radical (unpaired) electrons. The van der Waals surface area contributed by atoms with E-state index in [1.54, 1.807) is 0 Å². The molecule has 1 aromatic heterocycles. The van der Waals surface area contributed by atoms with Gasteiger partial charge in [0.15, 0.2) is 5.79 Å². The Labute approximate surface area is 158 Å². The quantitative estimate of drug-likeness (QED) is 0.723. The van der Waals surface area contributed by atoms with Crippen LogP contribution in [0.4, 0.5) is 0 Å². The molecule has 0 bridgehead atoms. The van der Waals surface area contributed by atoms with Crippen LogP contribution in [-0.4, -0.2) is 17.3 Å². The van der Waals surface area contributed by atoms with Gasteiger partial charge in [-0.15, -0.1) is 0 Å². The molecule has 4 nitrogen and oxygen atoms in total. The zero-order chi connectivity index (χ0) is 18.6. The first-order chi connectivity index (χ1) is 13.0. The maximum absolute atomic E-state index is 10.3. The predicted molar refractivity (Wildman–Crippen MR) is 102 cm³/mol. The van der Waals surface area contributed by atoms with Crippen LogP contribution in [0.25, 0.3) is 11.0 Å². The Hall–Kier alpha value is -2.14. The summed E-state index contributed by atoms with van der Waals surface area (Å²) in [5.74, 6) is 0.133. The van der Waals surface area contributed by atoms with Crippen LogP contribution in [0.3, 0.4) is 0 Å². The Morgan fingerprint density at radius 3 is 2.85 bits per heavy atom. The average Bonchev–Trinajstić information content (AvgIpc) is 3.16. The number of hydrogen-bond acceptors (Lipinski definition) is 4. The summed E-state index contributed by atoms with van der Waals surface area (Å²) >= 11 is 0. The van der Waals surface area contributed by atoms with Crippen molar-refractivity contribution in [3.05, 3.63) is 70.5 Å². The first kappa shape index (κ1) is 17.0. The van der Waals surface area contributed by atoms with Crippen LogP contribution in [0.1, 0.15) is 47.8 Å². The van der Waals surface area contributed by atoms with Crippen molar-refractivity contribution in [2.24, 2.45) is 0 Å². The second-order valence-electron chi connectivity index (χ2n) is 7.93. The van der Waals surface area contributed by atoms with Crippen molar-refractivity contribution in [3.8, 4) is 0 Å². The van der Waals surface area contributed by atoms with Crippen LogP contribution in [0, 0.1) is 6.92 Å². The molecule has 27 heavy (non-hydrogen) atoms. The second-order valence-corrected chi connectivity index (χ2v) is 7.93. The third-order valence-corrected chi connectivity index (χ3v) is 5.77. The lowest BCUT2D eigenvalue weighted by Gasteiger charge is -2.39. The molecule has 140 valence electrons. The predicted octanol–water partition coefficient (Wildman–Crippen LogP) is 4.57. The van der Waals surface area contributed by atoms with E-state index in [2.05, 4.69) is 31.2 Å². The van der Waals surface area contributed by atoms with Crippen molar-refractivity contribution in [1.29, 1.82) is 0 Å². The number of aliphatic hydroxyl groups excluding tert-OH is 1. The van der Waals surface area contributed by atoms with E-state index in [1.165, 1.54) is 11.1 Å². The lowest BCUT2D eigenvalue weighted by Crippen LogP contribution is -2.43. The first-order valence-electron chi connectivity index (χ1n) is 9.62. The molecule has 3 atom stereocenters. The zero-order valence-electron chi connectivity index (χ0n) is 15.7. The summed E-state index contributed by atoms with van der Waals surface area (Å²) in [6, 6.07) is 14.6. The van der Waals surface area contributed by atoms with E-state index in [0.717, 1.165) is 34.3 Å². The molecule has 2 aromatic carbocycles. The maximum Gasteiger partial charge on any atom is 0.198 e. The number of rotatable bonds is 2. The standard InChI is InChI=1S/C23H24O4/c1-14-7-18-13-25-23(12-19(24)8-15(2)27-23)21(18)11-17(14)10-20-9-16-5-3-4-6-22(16)26-20/h3-7,9,11,15,19,24H,8,10,12-13H2,1-2H3/t15?,19?,23-/m1/s1. The molecular weight excluding hydrogens is 340 g/mol. The molecule has 3 heterocycles. The lowest BCUT2D eigenvalue weighted by molar-refractivity contribution is -0.295. The normalized spacial score (nSPS) is 27.4. The fourth-order valence-corrected chi connectivity index (χ4v) is 4.53. The molecular formula is C23H24O4. The van der Waals surface area contributed by atoms with Crippen molar-refractivity contribution in [2.75, 3.05) is 0 Å². The number of fused-ring (bicyclic) bond motifs is 3. The molecule has 1 N–H and O–H groups in total. The molecule has 2 aliphatic heterocycles. The third kappa shape index (κ3) is 2.89. The van der Waals surface area contributed by atoms with Gasteiger partial charge in [-0.1, -0.05) is 24.3 Å². The number of benzene rings is 2. The molecule has 2 unspecified atom stereocenters. The summed E-state index contributed by atoms with van der Waals surface area (Å²) in [5, 5.41) is 11.4. The Morgan fingerprint density at radius 2 is 2.04 bits per heavy atom. The Balaban J connectivity index is 1.52. The average molecular weight is 364 g/mol. The Bertz CT molecular complexity index is 960. The summed E-state index contributed by atoms with van der Waals surface area (Å²) in [4.78, 5) is 0. The number of para-hydroxylation sites is 1. The number of aryl methyl sites for hydroxylation is 1. The van der Waals surface area contributed by atoms with Gasteiger partial charge >= 0.3 is 0 Å². The second kappa shape index (κ2) is 6.20. The number of aliphatic hydroxyl groups is 1. The Kier molecular flexibility index (Phi) is 3.90. The monoisotopic (exact) mass is 364 g/mol. The fourth-order valence-electron chi connectivity index (χ4n) is 4.53. The van der Waals surface area contributed by atoms with Crippen LogP contribution in [-0.2, 0) is 28.3 Å². The molecule has 5 rings (SSSR count). The van der Waals surface area contributed by atoms with Crippen molar-refractivity contribution in [2.45, 2.75) is 57.7 Å². The molecule has 1 fully saturated rings. The van der Waals surface area contributed by atoms with Gasteiger partial charge in [0, 0.05) is 23.8 Å². The molecule has 0 aliphatic carbocycles. The minimum atomic E-state index is -0.817. The summed E-state index contributed by atoms with van der Waals surface area (Å²) in [6.45, 7) is 4.65. The summed E-state index contributed by atoms with van der Waals surface area (Å²) in [6.07, 6.45) is 1.43. The first-order valence-corrected chi connectivity index (χ1v) is 9.62.